The Morgan fingerprint density at radius 1 is 1.29 bits per heavy atom. The van der Waals surface area contributed by atoms with E-state index in [-0.39, 0.29) is 0 Å². The van der Waals surface area contributed by atoms with Crippen LogP contribution in [0.1, 0.15) is 0 Å². The van der Waals surface area contributed by atoms with Crippen molar-refractivity contribution in [3.63, 3.8) is 0 Å². The Balaban J connectivity index is 2.15. The van der Waals surface area contributed by atoms with Crippen molar-refractivity contribution in [1.29, 1.82) is 0 Å². The van der Waals surface area contributed by atoms with Gasteiger partial charge in [-0.15, -0.1) is 0 Å². The molecule has 1 aromatic carbocycles. The number of rotatable bonds is 2. The normalized spacial score (nSPS) is 10.9. The molecular formula is C12H12N4O. The summed E-state index contributed by atoms with van der Waals surface area (Å²) in [5.41, 5.74) is 3.75. The summed E-state index contributed by atoms with van der Waals surface area (Å²) in [4.78, 5) is 4.10. The van der Waals surface area contributed by atoms with Crippen molar-refractivity contribution in [3.05, 3.63) is 30.7 Å². The van der Waals surface area contributed by atoms with Crippen molar-refractivity contribution in [3.8, 4) is 11.3 Å². The van der Waals surface area contributed by atoms with E-state index in [1.54, 1.807) is 0 Å². The van der Waals surface area contributed by atoms with E-state index in [0.29, 0.717) is 0 Å². The van der Waals surface area contributed by atoms with Gasteiger partial charge < -0.3 is 9.73 Å². The van der Waals surface area contributed by atoms with E-state index < -0.39 is 0 Å². The van der Waals surface area contributed by atoms with E-state index in [0.717, 1.165) is 28.2 Å². The van der Waals surface area contributed by atoms with Crippen LogP contribution in [0.2, 0.25) is 0 Å². The molecule has 2 aromatic heterocycles. The number of anilines is 1. The summed E-state index contributed by atoms with van der Waals surface area (Å²) in [6.07, 6.45) is 1.46. The lowest BCUT2D eigenvalue weighted by atomic mass is 10.1. The molecule has 0 spiro atoms. The van der Waals surface area contributed by atoms with Gasteiger partial charge >= 0.3 is 0 Å². The van der Waals surface area contributed by atoms with Crippen molar-refractivity contribution in [2.45, 2.75) is 0 Å². The van der Waals surface area contributed by atoms with Crippen LogP contribution in [0, 0.1) is 0 Å². The number of aryl methyl sites for hydroxylation is 1. The second-order valence-electron chi connectivity index (χ2n) is 3.82. The fourth-order valence-electron chi connectivity index (χ4n) is 1.87. The van der Waals surface area contributed by atoms with Crippen LogP contribution in [0.5, 0.6) is 0 Å². The molecule has 0 atom stereocenters. The number of fused-ring (bicyclic) bond motifs is 1. The van der Waals surface area contributed by atoms with E-state index in [1.165, 1.54) is 6.39 Å². The molecule has 5 nitrogen and oxygen atoms in total. The lowest BCUT2D eigenvalue weighted by Gasteiger charge is -2.00. The van der Waals surface area contributed by atoms with Crippen LogP contribution in [-0.4, -0.2) is 21.8 Å². The monoisotopic (exact) mass is 228 g/mol. The zero-order chi connectivity index (χ0) is 11.8. The summed E-state index contributed by atoms with van der Waals surface area (Å²) in [5.74, 6) is 0.847. The third kappa shape index (κ3) is 1.56. The molecule has 0 bridgehead atoms. The maximum atomic E-state index is 5.30. The van der Waals surface area contributed by atoms with Gasteiger partial charge in [-0.1, -0.05) is 6.07 Å². The Hall–Kier alpha value is -2.30. The van der Waals surface area contributed by atoms with Gasteiger partial charge in [-0.05, 0) is 12.1 Å². The molecule has 86 valence electrons. The number of benzene rings is 1. The lowest BCUT2D eigenvalue weighted by Crippen LogP contribution is -1.94. The second kappa shape index (κ2) is 3.62. The van der Waals surface area contributed by atoms with Crippen LogP contribution in [-0.2, 0) is 7.05 Å². The van der Waals surface area contributed by atoms with Gasteiger partial charge in [0, 0.05) is 25.7 Å². The molecule has 0 aliphatic carbocycles. The van der Waals surface area contributed by atoms with Crippen LogP contribution >= 0.6 is 0 Å². The van der Waals surface area contributed by atoms with Crippen molar-refractivity contribution in [2.24, 2.45) is 7.05 Å². The first-order chi connectivity index (χ1) is 8.28. The molecule has 3 aromatic rings. The highest BCUT2D eigenvalue weighted by Gasteiger charge is 2.08. The average molecular weight is 228 g/mol. The summed E-state index contributed by atoms with van der Waals surface area (Å²) in [6.45, 7) is 0. The smallest absolute Gasteiger partial charge is 0.181 e. The molecule has 17 heavy (non-hydrogen) atoms. The number of hydrogen-bond acceptors (Lipinski definition) is 4. The number of aromatic nitrogens is 3. The van der Waals surface area contributed by atoms with Crippen molar-refractivity contribution in [1.82, 2.24) is 14.8 Å². The van der Waals surface area contributed by atoms with E-state index in [2.05, 4.69) is 15.4 Å². The minimum atomic E-state index is 0.787. The Morgan fingerprint density at radius 2 is 2.18 bits per heavy atom. The zero-order valence-corrected chi connectivity index (χ0v) is 9.64. The molecule has 0 aliphatic heterocycles. The summed E-state index contributed by atoms with van der Waals surface area (Å²) in [5, 5.41) is 7.35. The molecule has 0 amide bonds. The number of nitrogens with zero attached hydrogens (tertiary/aromatic N) is 3. The molecule has 0 unspecified atom stereocenters. The van der Waals surface area contributed by atoms with E-state index in [9.17, 15) is 0 Å². The SMILES string of the molecule is CNc1cc(-c2ccc3ncoc3c2)n(C)n1. The predicted octanol–water partition coefficient (Wildman–Crippen LogP) is 2.27. The Kier molecular flexibility index (Phi) is 2.11. The maximum Gasteiger partial charge on any atom is 0.181 e. The van der Waals surface area contributed by atoms with Gasteiger partial charge in [0.1, 0.15) is 11.3 Å². The molecule has 0 saturated heterocycles. The van der Waals surface area contributed by atoms with E-state index >= 15 is 0 Å². The van der Waals surface area contributed by atoms with Crippen molar-refractivity contribution in [2.75, 3.05) is 12.4 Å². The first-order valence-electron chi connectivity index (χ1n) is 5.33. The Labute approximate surface area is 98.1 Å². The van der Waals surface area contributed by atoms with Gasteiger partial charge in [0.15, 0.2) is 12.0 Å². The van der Waals surface area contributed by atoms with Crippen LogP contribution in [0.4, 0.5) is 5.82 Å². The van der Waals surface area contributed by atoms with Gasteiger partial charge in [0.25, 0.3) is 0 Å². The molecule has 1 N–H and O–H groups in total. The standard InChI is InChI=1S/C12H12N4O/c1-13-12-6-10(16(2)15-12)8-3-4-9-11(5-8)17-7-14-9/h3-7H,1-2H3,(H,13,15). The highest BCUT2D eigenvalue weighted by atomic mass is 16.3. The summed E-state index contributed by atoms with van der Waals surface area (Å²) in [6, 6.07) is 7.93. The number of hydrogen-bond donors (Lipinski definition) is 1. The largest absolute Gasteiger partial charge is 0.443 e. The molecule has 5 heteroatoms. The third-order valence-electron chi connectivity index (χ3n) is 2.76. The van der Waals surface area contributed by atoms with Crippen LogP contribution in [0.15, 0.2) is 35.1 Å². The quantitative estimate of drug-likeness (QED) is 0.731. The number of nitrogens with one attached hydrogen (secondary N) is 1. The summed E-state index contributed by atoms with van der Waals surface area (Å²) >= 11 is 0. The van der Waals surface area contributed by atoms with Crippen LogP contribution in [0.25, 0.3) is 22.4 Å². The minimum absolute atomic E-state index is 0.787. The highest BCUT2D eigenvalue weighted by Crippen LogP contribution is 2.25. The zero-order valence-electron chi connectivity index (χ0n) is 9.64. The molecule has 2 heterocycles. The summed E-state index contributed by atoms with van der Waals surface area (Å²) in [7, 11) is 3.77. The van der Waals surface area contributed by atoms with E-state index in [4.69, 9.17) is 4.42 Å². The number of oxazole rings is 1. The fraction of sp³-hybridized carbons (Fsp3) is 0.167. The first kappa shape index (κ1) is 9.89. The molecule has 0 saturated carbocycles. The molecule has 0 aliphatic rings. The highest BCUT2D eigenvalue weighted by molar-refractivity contribution is 5.79. The first-order valence-corrected chi connectivity index (χ1v) is 5.33. The Morgan fingerprint density at radius 3 is 2.94 bits per heavy atom. The molecule has 0 radical (unpaired) electrons. The average Bonchev–Trinajstić information content (AvgIpc) is 2.93. The fourth-order valence-corrected chi connectivity index (χ4v) is 1.87. The van der Waals surface area contributed by atoms with E-state index in [1.807, 2.05) is 43.0 Å². The second-order valence-corrected chi connectivity index (χ2v) is 3.82. The predicted molar refractivity (Wildman–Crippen MR) is 65.8 cm³/mol. The van der Waals surface area contributed by atoms with Crippen LogP contribution in [0.3, 0.4) is 0 Å². The van der Waals surface area contributed by atoms with Crippen molar-refractivity contribution < 1.29 is 4.42 Å². The van der Waals surface area contributed by atoms with Crippen molar-refractivity contribution >= 4 is 16.9 Å². The Bertz CT molecular complexity index is 668. The maximum absolute atomic E-state index is 5.30. The topological polar surface area (TPSA) is 55.9 Å². The minimum Gasteiger partial charge on any atom is -0.443 e. The lowest BCUT2D eigenvalue weighted by molar-refractivity contribution is 0.602. The third-order valence-corrected chi connectivity index (χ3v) is 2.76. The van der Waals surface area contributed by atoms with Gasteiger partial charge in [-0.2, -0.15) is 5.10 Å². The molecule has 0 fully saturated rings. The molecular weight excluding hydrogens is 216 g/mol. The van der Waals surface area contributed by atoms with Gasteiger partial charge in [-0.25, -0.2) is 4.98 Å². The summed E-state index contributed by atoms with van der Waals surface area (Å²) < 4.78 is 7.13. The van der Waals surface area contributed by atoms with Gasteiger partial charge in [0.2, 0.25) is 0 Å². The van der Waals surface area contributed by atoms with Gasteiger partial charge in [0.05, 0.1) is 5.69 Å². The van der Waals surface area contributed by atoms with Crippen LogP contribution < -0.4 is 5.32 Å². The van der Waals surface area contributed by atoms with Gasteiger partial charge in [-0.3, -0.25) is 4.68 Å². The molecule has 3 rings (SSSR count).